The standard InChI is InChI=1S/C12H16O9/c1-15-8(13)11-17-4-7(20-11)5-3-6-10(18-5)21-12(19-6)9(14)16-2/h5-7,10-12H,3-4H2,1-2H3. The van der Waals surface area contributed by atoms with Gasteiger partial charge in [0.15, 0.2) is 6.29 Å². The Morgan fingerprint density at radius 1 is 0.857 bits per heavy atom. The lowest BCUT2D eigenvalue weighted by Crippen LogP contribution is -2.33. The molecule has 0 aromatic rings. The van der Waals surface area contributed by atoms with Gasteiger partial charge in [-0.2, -0.15) is 0 Å². The van der Waals surface area contributed by atoms with Crippen LogP contribution in [-0.4, -0.2) is 69.9 Å². The Morgan fingerprint density at radius 3 is 2.19 bits per heavy atom. The zero-order valence-electron chi connectivity index (χ0n) is 11.6. The SMILES string of the molecule is COC(=O)C1OCC(C2CC3OC(C(=O)OC)OC3O2)O1. The summed E-state index contributed by atoms with van der Waals surface area (Å²) in [6, 6.07) is 0. The molecule has 6 atom stereocenters. The van der Waals surface area contributed by atoms with E-state index in [1.807, 2.05) is 0 Å². The van der Waals surface area contributed by atoms with Crippen LogP contribution in [0.4, 0.5) is 0 Å². The van der Waals surface area contributed by atoms with Crippen LogP contribution < -0.4 is 0 Å². The third-order valence-corrected chi connectivity index (χ3v) is 3.55. The summed E-state index contributed by atoms with van der Waals surface area (Å²) in [6.07, 6.45) is -3.40. The average Bonchev–Trinajstić information content (AvgIpc) is 3.18. The number of fused-ring (bicyclic) bond motifs is 1. The third-order valence-electron chi connectivity index (χ3n) is 3.55. The summed E-state index contributed by atoms with van der Waals surface area (Å²) in [7, 11) is 2.51. The normalized spacial score (nSPS) is 41.8. The Hall–Kier alpha value is -1.26. The fourth-order valence-corrected chi connectivity index (χ4v) is 2.49. The average molecular weight is 304 g/mol. The van der Waals surface area contributed by atoms with Crippen LogP contribution in [0.5, 0.6) is 0 Å². The van der Waals surface area contributed by atoms with Crippen molar-refractivity contribution in [1.82, 2.24) is 0 Å². The summed E-state index contributed by atoms with van der Waals surface area (Å²) in [5.41, 5.74) is 0. The van der Waals surface area contributed by atoms with E-state index in [-0.39, 0.29) is 18.8 Å². The summed E-state index contributed by atoms with van der Waals surface area (Å²) in [4.78, 5) is 22.6. The van der Waals surface area contributed by atoms with E-state index in [9.17, 15) is 9.59 Å². The Morgan fingerprint density at radius 2 is 1.52 bits per heavy atom. The van der Waals surface area contributed by atoms with Crippen molar-refractivity contribution in [2.75, 3.05) is 20.8 Å². The molecule has 0 bridgehead atoms. The maximum absolute atomic E-state index is 11.3. The lowest BCUT2D eigenvalue weighted by atomic mass is 10.1. The molecule has 0 radical (unpaired) electrons. The molecule has 3 saturated heterocycles. The van der Waals surface area contributed by atoms with Crippen LogP contribution in [0.2, 0.25) is 0 Å². The zero-order chi connectivity index (χ0) is 15.0. The molecule has 9 nitrogen and oxygen atoms in total. The highest BCUT2D eigenvalue weighted by molar-refractivity contribution is 5.73. The van der Waals surface area contributed by atoms with Crippen molar-refractivity contribution >= 4 is 11.9 Å². The molecule has 0 N–H and O–H groups in total. The molecule has 0 aromatic carbocycles. The highest BCUT2D eigenvalue weighted by atomic mass is 16.8. The maximum atomic E-state index is 11.3. The molecule has 0 saturated carbocycles. The van der Waals surface area contributed by atoms with E-state index in [0.29, 0.717) is 6.42 Å². The Bertz CT molecular complexity index is 411. The van der Waals surface area contributed by atoms with Crippen LogP contribution in [0.15, 0.2) is 0 Å². The predicted octanol–water partition coefficient (Wildman–Crippen LogP) is -1.07. The van der Waals surface area contributed by atoms with Gasteiger partial charge in [-0.15, -0.1) is 0 Å². The molecule has 3 heterocycles. The van der Waals surface area contributed by atoms with Crippen molar-refractivity contribution in [2.45, 2.75) is 43.6 Å². The molecule has 3 aliphatic heterocycles. The molecule has 3 rings (SSSR count). The van der Waals surface area contributed by atoms with E-state index in [1.165, 1.54) is 14.2 Å². The molecule has 0 aliphatic carbocycles. The molecule has 0 amide bonds. The molecule has 3 fully saturated rings. The number of methoxy groups -OCH3 is 2. The van der Waals surface area contributed by atoms with Crippen LogP contribution in [-0.2, 0) is 42.7 Å². The van der Waals surface area contributed by atoms with Gasteiger partial charge in [0.2, 0.25) is 0 Å². The molecule has 21 heavy (non-hydrogen) atoms. The van der Waals surface area contributed by atoms with Gasteiger partial charge in [-0.25, -0.2) is 9.59 Å². The predicted molar refractivity (Wildman–Crippen MR) is 61.7 cm³/mol. The van der Waals surface area contributed by atoms with Gasteiger partial charge in [-0.3, -0.25) is 0 Å². The molecule has 0 spiro atoms. The summed E-state index contributed by atoms with van der Waals surface area (Å²) < 4.78 is 36.1. The first-order valence-corrected chi connectivity index (χ1v) is 6.51. The fourth-order valence-electron chi connectivity index (χ4n) is 2.49. The maximum Gasteiger partial charge on any atom is 0.363 e. The largest absolute Gasteiger partial charge is 0.465 e. The Balaban J connectivity index is 1.52. The minimum absolute atomic E-state index is 0.213. The smallest absolute Gasteiger partial charge is 0.363 e. The van der Waals surface area contributed by atoms with Gasteiger partial charge in [0.25, 0.3) is 12.6 Å². The molecule has 0 aromatic heterocycles. The third kappa shape index (κ3) is 2.74. The van der Waals surface area contributed by atoms with Crippen LogP contribution in [0.3, 0.4) is 0 Å². The van der Waals surface area contributed by atoms with Crippen molar-refractivity contribution in [2.24, 2.45) is 0 Å². The fraction of sp³-hybridized carbons (Fsp3) is 0.833. The van der Waals surface area contributed by atoms with Crippen molar-refractivity contribution in [1.29, 1.82) is 0 Å². The first-order chi connectivity index (χ1) is 10.1. The van der Waals surface area contributed by atoms with Crippen molar-refractivity contribution in [3.63, 3.8) is 0 Å². The summed E-state index contributed by atoms with van der Waals surface area (Å²) in [5, 5.41) is 0. The number of hydrogen-bond acceptors (Lipinski definition) is 9. The van der Waals surface area contributed by atoms with Gasteiger partial charge >= 0.3 is 11.9 Å². The van der Waals surface area contributed by atoms with Gasteiger partial charge in [0.05, 0.1) is 26.9 Å². The van der Waals surface area contributed by atoms with E-state index in [0.717, 1.165) is 0 Å². The summed E-state index contributed by atoms with van der Waals surface area (Å²) in [6.45, 7) is 0.213. The number of carbonyl (C=O) groups is 2. The number of rotatable bonds is 3. The number of hydrogen-bond donors (Lipinski definition) is 0. The minimum Gasteiger partial charge on any atom is -0.465 e. The Kier molecular flexibility index (Phi) is 4.09. The van der Waals surface area contributed by atoms with Crippen LogP contribution in [0, 0.1) is 0 Å². The lowest BCUT2D eigenvalue weighted by molar-refractivity contribution is -0.200. The van der Waals surface area contributed by atoms with Gasteiger partial charge in [0.1, 0.15) is 12.2 Å². The van der Waals surface area contributed by atoms with Crippen LogP contribution >= 0.6 is 0 Å². The number of ether oxygens (including phenoxy) is 7. The van der Waals surface area contributed by atoms with E-state index < -0.39 is 36.9 Å². The zero-order valence-corrected chi connectivity index (χ0v) is 11.6. The van der Waals surface area contributed by atoms with Gasteiger partial charge in [-0.1, -0.05) is 0 Å². The van der Waals surface area contributed by atoms with Crippen molar-refractivity contribution in [3.05, 3.63) is 0 Å². The second kappa shape index (κ2) is 5.85. The van der Waals surface area contributed by atoms with Crippen molar-refractivity contribution < 1.29 is 42.7 Å². The number of carbonyl (C=O) groups excluding carboxylic acids is 2. The van der Waals surface area contributed by atoms with E-state index in [2.05, 4.69) is 9.47 Å². The number of esters is 2. The summed E-state index contributed by atoms with van der Waals surface area (Å²) in [5.74, 6) is -1.19. The highest BCUT2D eigenvalue weighted by Crippen LogP contribution is 2.35. The minimum atomic E-state index is -1.06. The first-order valence-electron chi connectivity index (χ1n) is 6.51. The topological polar surface area (TPSA) is 98.8 Å². The monoisotopic (exact) mass is 304 g/mol. The second-order valence-corrected chi connectivity index (χ2v) is 4.81. The van der Waals surface area contributed by atoms with E-state index >= 15 is 0 Å². The van der Waals surface area contributed by atoms with Crippen LogP contribution in [0.25, 0.3) is 0 Å². The van der Waals surface area contributed by atoms with Crippen molar-refractivity contribution in [3.8, 4) is 0 Å². The van der Waals surface area contributed by atoms with E-state index in [4.69, 9.17) is 23.7 Å². The highest BCUT2D eigenvalue weighted by Gasteiger charge is 2.51. The van der Waals surface area contributed by atoms with Gasteiger partial charge in [-0.05, 0) is 0 Å². The van der Waals surface area contributed by atoms with Crippen LogP contribution in [0.1, 0.15) is 6.42 Å². The summed E-state index contributed by atoms with van der Waals surface area (Å²) >= 11 is 0. The molecule has 6 unspecified atom stereocenters. The second-order valence-electron chi connectivity index (χ2n) is 4.81. The Labute approximate surface area is 120 Å². The molecule has 9 heteroatoms. The quantitative estimate of drug-likeness (QED) is 0.603. The van der Waals surface area contributed by atoms with Gasteiger partial charge < -0.3 is 33.2 Å². The molecule has 3 aliphatic rings. The first kappa shape index (κ1) is 14.7. The molecular formula is C12H16O9. The van der Waals surface area contributed by atoms with E-state index in [1.54, 1.807) is 0 Å². The molecule has 118 valence electrons. The molecular weight excluding hydrogens is 288 g/mol. The lowest BCUT2D eigenvalue weighted by Gasteiger charge is -2.18. The van der Waals surface area contributed by atoms with Gasteiger partial charge in [0, 0.05) is 6.42 Å².